The molecule has 0 radical (unpaired) electrons. The number of aryl methyl sites for hydroxylation is 1. The number of nitrogens with two attached hydrogens (primary N) is 1. The van der Waals surface area contributed by atoms with Crippen molar-refractivity contribution in [3.05, 3.63) is 33.8 Å². The molecule has 0 saturated carbocycles. The molecule has 0 aromatic heterocycles. The lowest BCUT2D eigenvalue weighted by molar-refractivity contribution is -0.0967. The highest BCUT2D eigenvalue weighted by atomic mass is 79.9. The first kappa shape index (κ1) is 15.0. The fourth-order valence-corrected chi connectivity index (χ4v) is 2.94. The zero-order chi connectivity index (χ0) is 14.0. The molecule has 19 heavy (non-hydrogen) atoms. The molecule has 1 heterocycles. The molecule has 0 spiro atoms. The summed E-state index contributed by atoms with van der Waals surface area (Å²) in [4.78, 5) is 2.44. The highest BCUT2D eigenvalue weighted by Gasteiger charge is 2.31. The maximum absolute atomic E-state index is 6.02. The fourth-order valence-electron chi connectivity index (χ4n) is 2.69. The number of benzene rings is 1. The molecule has 4 heteroatoms. The second-order valence-corrected chi connectivity index (χ2v) is 6.69. The Hall–Kier alpha value is -0.420. The van der Waals surface area contributed by atoms with Gasteiger partial charge in [0, 0.05) is 30.1 Å². The molecule has 1 aliphatic heterocycles. The summed E-state index contributed by atoms with van der Waals surface area (Å²) < 4.78 is 6.93. The van der Waals surface area contributed by atoms with Crippen LogP contribution in [0.15, 0.2) is 22.7 Å². The van der Waals surface area contributed by atoms with Gasteiger partial charge in [-0.3, -0.25) is 4.90 Å². The number of hydrogen-bond donors (Lipinski definition) is 1. The van der Waals surface area contributed by atoms with Gasteiger partial charge < -0.3 is 10.5 Å². The van der Waals surface area contributed by atoms with E-state index in [2.05, 4.69) is 59.8 Å². The Morgan fingerprint density at radius 2 is 2.21 bits per heavy atom. The van der Waals surface area contributed by atoms with Crippen LogP contribution in [-0.4, -0.2) is 36.7 Å². The molecule has 106 valence electrons. The van der Waals surface area contributed by atoms with Crippen molar-refractivity contribution in [2.75, 3.05) is 26.2 Å². The average molecular weight is 327 g/mol. The summed E-state index contributed by atoms with van der Waals surface area (Å²) >= 11 is 3.55. The van der Waals surface area contributed by atoms with E-state index in [1.165, 1.54) is 11.1 Å². The summed E-state index contributed by atoms with van der Waals surface area (Å²) in [7, 11) is 0. The van der Waals surface area contributed by atoms with Gasteiger partial charge in [0.15, 0.2) is 0 Å². The molecule has 1 fully saturated rings. The van der Waals surface area contributed by atoms with Crippen LogP contribution in [0.3, 0.4) is 0 Å². The van der Waals surface area contributed by atoms with Crippen molar-refractivity contribution < 1.29 is 4.74 Å². The molecule has 1 aromatic carbocycles. The largest absolute Gasteiger partial charge is 0.373 e. The summed E-state index contributed by atoms with van der Waals surface area (Å²) in [5.74, 6) is 0. The summed E-state index contributed by atoms with van der Waals surface area (Å²) in [5.41, 5.74) is 8.48. The van der Waals surface area contributed by atoms with Crippen molar-refractivity contribution in [2.45, 2.75) is 32.4 Å². The van der Waals surface area contributed by atoms with Gasteiger partial charge in [0.2, 0.25) is 0 Å². The molecule has 2 rings (SSSR count). The maximum Gasteiger partial charge on any atom is 0.0753 e. The highest BCUT2D eigenvalue weighted by Crippen LogP contribution is 2.28. The first-order valence-electron chi connectivity index (χ1n) is 6.77. The summed E-state index contributed by atoms with van der Waals surface area (Å²) in [6.45, 7) is 9.67. The number of ether oxygens (including phenoxy) is 1. The molecule has 1 unspecified atom stereocenters. The van der Waals surface area contributed by atoms with Gasteiger partial charge in [-0.15, -0.1) is 0 Å². The lowest BCUT2D eigenvalue weighted by Gasteiger charge is -2.42. The van der Waals surface area contributed by atoms with E-state index in [-0.39, 0.29) is 11.6 Å². The first-order valence-corrected chi connectivity index (χ1v) is 7.56. The maximum atomic E-state index is 6.02. The zero-order valence-electron chi connectivity index (χ0n) is 11.9. The molecule has 2 N–H and O–H groups in total. The average Bonchev–Trinajstić information content (AvgIpc) is 2.33. The molecular weight excluding hydrogens is 304 g/mol. The predicted octanol–water partition coefficient (Wildman–Crippen LogP) is 2.87. The van der Waals surface area contributed by atoms with Gasteiger partial charge in [-0.25, -0.2) is 0 Å². The van der Waals surface area contributed by atoms with Crippen LogP contribution in [0, 0.1) is 6.92 Å². The van der Waals surface area contributed by atoms with Crippen LogP contribution < -0.4 is 5.73 Å². The minimum absolute atomic E-state index is 0.0872. The minimum atomic E-state index is -0.0872. The van der Waals surface area contributed by atoms with Crippen molar-refractivity contribution in [1.82, 2.24) is 4.90 Å². The smallest absolute Gasteiger partial charge is 0.0753 e. The second-order valence-electron chi connectivity index (χ2n) is 5.84. The van der Waals surface area contributed by atoms with Crippen molar-refractivity contribution in [2.24, 2.45) is 5.73 Å². The van der Waals surface area contributed by atoms with Crippen LogP contribution in [0.2, 0.25) is 0 Å². The van der Waals surface area contributed by atoms with Crippen LogP contribution in [0.25, 0.3) is 0 Å². The van der Waals surface area contributed by atoms with Crippen LogP contribution in [0.5, 0.6) is 0 Å². The van der Waals surface area contributed by atoms with E-state index < -0.39 is 0 Å². The molecule has 0 amide bonds. The number of hydrogen-bond acceptors (Lipinski definition) is 3. The van der Waals surface area contributed by atoms with E-state index in [1.807, 2.05) is 0 Å². The highest BCUT2D eigenvalue weighted by molar-refractivity contribution is 9.10. The molecular formula is C15H23BrN2O. The van der Waals surface area contributed by atoms with E-state index in [0.29, 0.717) is 6.54 Å². The summed E-state index contributed by atoms with van der Waals surface area (Å²) in [6.07, 6.45) is 0. The third-order valence-corrected chi connectivity index (χ3v) is 4.58. The monoisotopic (exact) mass is 326 g/mol. The fraction of sp³-hybridized carbons (Fsp3) is 0.600. The van der Waals surface area contributed by atoms with Gasteiger partial charge in [-0.05, 0) is 38.0 Å². The van der Waals surface area contributed by atoms with Gasteiger partial charge >= 0.3 is 0 Å². The Morgan fingerprint density at radius 3 is 2.79 bits per heavy atom. The van der Waals surface area contributed by atoms with Crippen molar-refractivity contribution in [1.29, 1.82) is 0 Å². The molecule has 1 saturated heterocycles. The number of rotatable bonds is 3. The molecule has 1 aromatic rings. The number of morpholine rings is 1. The van der Waals surface area contributed by atoms with Gasteiger partial charge in [-0.2, -0.15) is 0 Å². The lowest BCUT2D eigenvalue weighted by Crippen LogP contribution is -2.50. The predicted molar refractivity (Wildman–Crippen MR) is 82.3 cm³/mol. The van der Waals surface area contributed by atoms with Crippen molar-refractivity contribution in [3.63, 3.8) is 0 Å². The molecule has 1 atom stereocenters. The van der Waals surface area contributed by atoms with Gasteiger partial charge in [0.1, 0.15) is 0 Å². The van der Waals surface area contributed by atoms with Crippen molar-refractivity contribution in [3.8, 4) is 0 Å². The van der Waals surface area contributed by atoms with E-state index >= 15 is 0 Å². The third-order valence-electron chi connectivity index (χ3n) is 3.69. The lowest BCUT2D eigenvalue weighted by atomic mass is 9.99. The molecule has 0 aliphatic carbocycles. The van der Waals surface area contributed by atoms with Gasteiger partial charge in [0.25, 0.3) is 0 Å². The summed E-state index contributed by atoms with van der Waals surface area (Å²) in [5, 5.41) is 0. The molecule has 1 aliphatic rings. The van der Waals surface area contributed by atoms with Crippen LogP contribution in [-0.2, 0) is 4.74 Å². The topological polar surface area (TPSA) is 38.5 Å². The van der Waals surface area contributed by atoms with E-state index in [4.69, 9.17) is 10.5 Å². The zero-order valence-corrected chi connectivity index (χ0v) is 13.5. The van der Waals surface area contributed by atoms with E-state index in [0.717, 1.165) is 24.2 Å². The minimum Gasteiger partial charge on any atom is -0.373 e. The Balaban J connectivity index is 2.21. The van der Waals surface area contributed by atoms with Crippen LogP contribution in [0.1, 0.15) is 31.0 Å². The number of halogens is 1. The molecule has 3 nitrogen and oxygen atoms in total. The van der Waals surface area contributed by atoms with Gasteiger partial charge in [0.05, 0.1) is 12.2 Å². The van der Waals surface area contributed by atoms with Crippen LogP contribution >= 0.6 is 15.9 Å². The number of nitrogens with zero attached hydrogens (tertiary/aromatic N) is 1. The Labute approximate surface area is 124 Å². The van der Waals surface area contributed by atoms with E-state index in [9.17, 15) is 0 Å². The quantitative estimate of drug-likeness (QED) is 0.928. The van der Waals surface area contributed by atoms with Crippen molar-refractivity contribution >= 4 is 15.9 Å². The standard InChI is InChI=1S/C15H23BrN2O/c1-11-8-12(4-5-13(11)16)14(9-17)18-6-7-19-15(2,3)10-18/h4-5,8,14H,6-7,9-10,17H2,1-3H3. The SMILES string of the molecule is Cc1cc(C(CN)N2CCOC(C)(C)C2)ccc1Br. The second kappa shape index (κ2) is 5.92. The first-order chi connectivity index (χ1) is 8.93. The van der Waals surface area contributed by atoms with Gasteiger partial charge in [-0.1, -0.05) is 28.1 Å². The third kappa shape index (κ3) is 3.57. The summed E-state index contributed by atoms with van der Waals surface area (Å²) in [6, 6.07) is 6.77. The van der Waals surface area contributed by atoms with Crippen LogP contribution in [0.4, 0.5) is 0 Å². The Bertz CT molecular complexity index is 448. The Kier molecular flexibility index (Phi) is 4.66. The van der Waals surface area contributed by atoms with E-state index in [1.54, 1.807) is 0 Å². The normalized spacial score (nSPS) is 21.3. The Morgan fingerprint density at radius 1 is 1.47 bits per heavy atom. The molecule has 0 bridgehead atoms.